The first-order valence-corrected chi connectivity index (χ1v) is 3.96. The van der Waals surface area contributed by atoms with Crippen molar-refractivity contribution in [2.75, 3.05) is 6.61 Å². The first-order chi connectivity index (χ1) is 6.86. The third-order valence-corrected chi connectivity index (χ3v) is 1.46. The maximum Gasteiger partial charge on any atom is 0.177 e. The first-order valence-electron chi connectivity index (χ1n) is 3.96. The van der Waals surface area contributed by atoms with Gasteiger partial charge in [0.1, 0.15) is 0 Å². The van der Waals surface area contributed by atoms with Crippen molar-refractivity contribution < 1.29 is 4.84 Å². The van der Waals surface area contributed by atoms with Gasteiger partial charge in [-0.3, -0.25) is 0 Å². The van der Waals surface area contributed by atoms with Gasteiger partial charge in [0.2, 0.25) is 0 Å². The second kappa shape index (κ2) is 5.40. The summed E-state index contributed by atoms with van der Waals surface area (Å²) >= 11 is 0. The number of hydrogen-bond donors (Lipinski definition) is 0. The van der Waals surface area contributed by atoms with E-state index in [1.54, 1.807) is 30.5 Å². The standard InChI is InChI=1S/C11H8N2O/c1-2-7-14-13-9-11-5-3-10(8-12)4-6-11/h1,3-6,9H,7H2. The van der Waals surface area contributed by atoms with Crippen LogP contribution in [-0.4, -0.2) is 12.8 Å². The number of oxime groups is 1. The summed E-state index contributed by atoms with van der Waals surface area (Å²) in [7, 11) is 0. The summed E-state index contributed by atoms with van der Waals surface area (Å²) in [4.78, 5) is 4.71. The van der Waals surface area contributed by atoms with Crippen molar-refractivity contribution in [3.63, 3.8) is 0 Å². The number of nitriles is 1. The minimum absolute atomic E-state index is 0.160. The molecule has 1 aromatic rings. The Hall–Kier alpha value is -2.26. The van der Waals surface area contributed by atoms with Crippen molar-refractivity contribution in [3.05, 3.63) is 35.4 Å². The average molecular weight is 184 g/mol. The SMILES string of the molecule is C#CCON=Cc1ccc(C#N)cc1. The van der Waals surface area contributed by atoms with E-state index >= 15 is 0 Å². The number of terminal acetylenes is 1. The van der Waals surface area contributed by atoms with Gasteiger partial charge >= 0.3 is 0 Å². The summed E-state index contributed by atoms with van der Waals surface area (Å²) in [5.41, 5.74) is 1.48. The molecule has 0 aliphatic carbocycles. The summed E-state index contributed by atoms with van der Waals surface area (Å²) < 4.78 is 0. The van der Waals surface area contributed by atoms with Crippen LogP contribution in [0.1, 0.15) is 11.1 Å². The van der Waals surface area contributed by atoms with Crippen LogP contribution >= 0.6 is 0 Å². The van der Waals surface area contributed by atoms with Gasteiger partial charge in [0.25, 0.3) is 0 Å². The number of hydrogen-bond acceptors (Lipinski definition) is 3. The molecule has 1 rings (SSSR count). The Balaban J connectivity index is 2.57. The van der Waals surface area contributed by atoms with Crippen LogP contribution in [0.5, 0.6) is 0 Å². The molecule has 0 unspecified atom stereocenters. The van der Waals surface area contributed by atoms with Gasteiger partial charge in [-0.2, -0.15) is 5.26 Å². The second-order valence-corrected chi connectivity index (χ2v) is 2.45. The third-order valence-electron chi connectivity index (χ3n) is 1.46. The summed E-state index contributed by atoms with van der Waals surface area (Å²) in [6.07, 6.45) is 6.50. The molecular weight excluding hydrogens is 176 g/mol. The molecule has 0 aliphatic heterocycles. The Morgan fingerprint density at radius 1 is 1.43 bits per heavy atom. The first kappa shape index (κ1) is 9.83. The normalized spacial score (nSPS) is 9.29. The Labute approximate surface area is 82.6 Å². The second-order valence-electron chi connectivity index (χ2n) is 2.45. The zero-order chi connectivity index (χ0) is 10.2. The van der Waals surface area contributed by atoms with Crippen LogP contribution in [0.2, 0.25) is 0 Å². The van der Waals surface area contributed by atoms with Crippen molar-refractivity contribution in [2.24, 2.45) is 5.16 Å². The lowest BCUT2D eigenvalue weighted by molar-refractivity contribution is 0.181. The highest BCUT2D eigenvalue weighted by molar-refractivity contribution is 5.79. The Morgan fingerprint density at radius 2 is 2.14 bits per heavy atom. The lowest BCUT2D eigenvalue weighted by Gasteiger charge is -1.92. The van der Waals surface area contributed by atoms with Crippen molar-refractivity contribution in [2.45, 2.75) is 0 Å². The van der Waals surface area contributed by atoms with Crippen LogP contribution in [0.3, 0.4) is 0 Å². The molecule has 0 saturated heterocycles. The van der Waals surface area contributed by atoms with E-state index in [4.69, 9.17) is 16.5 Å². The van der Waals surface area contributed by atoms with Crippen molar-refractivity contribution in [1.82, 2.24) is 0 Å². The topological polar surface area (TPSA) is 45.4 Å². The maximum absolute atomic E-state index is 8.54. The van der Waals surface area contributed by atoms with E-state index in [1.165, 1.54) is 0 Å². The molecule has 14 heavy (non-hydrogen) atoms. The van der Waals surface area contributed by atoms with E-state index in [0.29, 0.717) is 5.56 Å². The van der Waals surface area contributed by atoms with Crippen LogP contribution in [0.25, 0.3) is 0 Å². The fourth-order valence-electron chi connectivity index (χ4n) is 0.816. The minimum Gasteiger partial charge on any atom is -0.383 e. The molecule has 0 spiro atoms. The zero-order valence-electron chi connectivity index (χ0n) is 7.47. The molecule has 0 aliphatic rings. The van der Waals surface area contributed by atoms with Gasteiger partial charge in [-0.05, 0) is 17.7 Å². The molecule has 0 bridgehead atoms. The molecule has 3 heteroatoms. The molecular formula is C11H8N2O. The lowest BCUT2D eigenvalue weighted by atomic mass is 10.2. The number of nitrogens with zero attached hydrogens (tertiary/aromatic N) is 2. The van der Waals surface area contributed by atoms with Crippen molar-refractivity contribution in [3.8, 4) is 18.4 Å². The fourth-order valence-corrected chi connectivity index (χ4v) is 0.816. The number of benzene rings is 1. The Morgan fingerprint density at radius 3 is 2.71 bits per heavy atom. The Kier molecular flexibility index (Phi) is 3.79. The van der Waals surface area contributed by atoms with Crippen LogP contribution in [0.15, 0.2) is 29.4 Å². The summed E-state index contributed by atoms with van der Waals surface area (Å²) in [5.74, 6) is 2.29. The molecule has 1 aromatic carbocycles. The smallest absolute Gasteiger partial charge is 0.177 e. The third kappa shape index (κ3) is 3.00. The molecule has 0 N–H and O–H groups in total. The summed E-state index contributed by atoms with van der Waals surface area (Å²) in [6.45, 7) is 0.160. The molecule has 0 aromatic heterocycles. The predicted molar refractivity (Wildman–Crippen MR) is 53.5 cm³/mol. The highest BCUT2D eigenvalue weighted by Crippen LogP contribution is 2.00. The van der Waals surface area contributed by atoms with E-state index in [-0.39, 0.29) is 6.61 Å². The Bertz CT molecular complexity index is 393. The van der Waals surface area contributed by atoms with Gasteiger partial charge in [0, 0.05) is 0 Å². The van der Waals surface area contributed by atoms with Crippen LogP contribution in [-0.2, 0) is 4.84 Å². The van der Waals surface area contributed by atoms with Crippen LogP contribution < -0.4 is 0 Å². The van der Waals surface area contributed by atoms with Gasteiger partial charge < -0.3 is 4.84 Å². The molecule has 68 valence electrons. The van der Waals surface area contributed by atoms with Crippen LogP contribution in [0, 0.1) is 23.7 Å². The van der Waals surface area contributed by atoms with Crippen molar-refractivity contribution in [1.29, 1.82) is 5.26 Å². The monoisotopic (exact) mass is 184 g/mol. The molecule has 0 heterocycles. The van der Waals surface area contributed by atoms with Gasteiger partial charge in [-0.15, -0.1) is 6.42 Å². The highest BCUT2D eigenvalue weighted by Gasteiger charge is 1.89. The van der Waals surface area contributed by atoms with Crippen LogP contribution in [0.4, 0.5) is 0 Å². The average Bonchev–Trinajstić information content (AvgIpc) is 2.25. The summed E-state index contributed by atoms with van der Waals surface area (Å²) in [6, 6.07) is 9.01. The van der Waals surface area contributed by atoms with E-state index in [9.17, 15) is 0 Å². The predicted octanol–water partition coefficient (Wildman–Crippen LogP) is 1.54. The largest absolute Gasteiger partial charge is 0.383 e. The lowest BCUT2D eigenvalue weighted by Crippen LogP contribution is -1.85. The van der Waals surface area contributed by atoms with Crippen molar-refractivity contribution >= 4 is 6.21 Å². The highest BCUT2D eigenvalue weighted by atomic mass is 16.6. The number of rotatable bonds is 3. The van der Waals surface area contributed by atoms with E-state index in [1.807, 2.05) is 6.07 Å². The molecule has 3 nitrogen and oxygen atoms in total. The van der Waals surface area contributed by atoms with E-state index in [0.717, 1.165) is 5.56 Å². The maximum atomic E-state index is 8.54. The van der Waals surface area contributed by atoms with Gasteiger partial charge in [0.05, 0.1) is 17.8 Å². The van der Waals surface area contributed by atoms with E-state index < -0.39 is 0 Å². The molecule has 0 saturated carbocycles. The fraction of sp³-hybridized carbons (Fsp3) is 0.0909. The quantitative estimate of drug-likeness (QED) is 0.309. The molecule has 0 radical (unpaired) electrons. The molecule has 0 atom stereocenters. The molecule has 0 fully saturated rings. The van der Waals surface area contributed by atoms with Gasteiger partial charge in [-0.1, -0.05) is 23.2 Å². The zero-order valence-corrected chi connectivity index (χ0v) is 7.47. The van der Waals surface area contributed by atoms with Gasteiger partial charge in [-0.25, -0.2) is 0 Å². The minimum atomic E-state index is 0.160. The summed E-state index contributed by atoms with van der Waals surface area (Å²) in [5, 5.41) is 12.2. The van der Waals surface area contributed by atoms with Gasteiger partial charge in [0.15, 0.2) is 6.61 Å². The molecule has 0 amide bonds. The van der Waals surface area contributed by atoms with E-state index in [2.05, 4.69) is 11.1 Å².